The van der Waals surface area contributed by atoms with Gasteiger partial charge < -0.3 is 23.5 Å². The van der Waals surface area contributed by atoms with E-state index in [1.165, 1.54) is 0 Å². The van der Waals surface area contributed by atoms with Crippen LogP contribution in [0.1, 0.15) is 17.2 Å². The van der Waals surface area contributed by atoms with E-state index in [4.69, 9.17) is 18.9 Å². The first kappa shape index (κ1) is 16.3. The molecular weight excluding hydrogens is 334 g/mol. The van der Waals surface area contributed by atoms with Gasteiger partial charge >= 0.3 is 0 Å². The van der Waals surface area contributed by atoms with Crippen molar-refractivity contribution in [1.82, 2.24) is 14.5 Å². The van der Waals surface area contributed by atoms with E-state index in [-0.39, 0.29) is 6.10 Å². The van der Waals surface area contributed by atoms with Crippen molar-refractivity contribution in [3.05, 3.63) is 60.3 Å². The van der Waals surface area contributed by atoms with Crippen LogP contribution in [0.3, 0.4) is 0 Å². The Morgan fingerprint density at radius 1 is 1.23 bits per heavy atom. The van der Waals surface area contributed by atoms with E-state index in [1.807, 2.05) is 29.0 Å². The minimum atomic E-state index is -0.255. The molecule has 0 aliphatic carbocycles. The zero-order valence-electron chi connectivity index (χ0n) is 14.6. The van der Waals surface area contributed by atoms with Crippen molar-refractivity contribution in [2.75, 3.05) is 20.8 Å². The SMILES string of the molecule is COc1ccc(C2COc3cc(Cn4ccnc4)cc(OC)c3O2)cn1. The number of ether oxygens (including phenoxy) is 4. The van der Waals surface area contributed by atoms with Crippen LogP contribution >= 0.6 is 0 Å². The molecule has 3 aromatic rings. The number of fused-ring (bicyclic) bond motifs is 1. The topological polar surface area (TPSA) is 67.6 Å². The molecule has 1 aliphatic rings. The Morgan fingerprint density at radius 2 is 2.15 bits per heavy atom. The van der Waals surface area contributed by atoms with Gasteiger partial charge in [-0.05, 0) is 23.8 Å². The number of nitrogens with zero attached hydrogens (tertiary/aromatic N) is 3. The molecule has 1 unspecified atom stereocenters. The summed E-state index contributed by atoms with van der Waals surface area (Å²) in [5, 5.41) is 0. The minimum absolute atomic E-state index is 0.255. The van der Waals surface area contributed by atoms with Crippen LogP contribution in [0.25, 0.3) is 0 Å². The molecule has 0 N–H and O–H groups in total. The summed E-state index contributed by atoms with van der Waals surface area (Å²) < 4.78 is 24.7. The van der Waals surface area contributed by atoms with Crippen molar-refractivity contribution in [3.63, 3.8) is 0 Å². The minimum Gasteiger partial charge on any atom is -0.493 e. The van der Waals surface area contributed by atoms with Crippen LogP contribution in [0.2, 0.25) is 0 Å². The van der Waals surface area contributed by atoms with E-state index in [9.17, 15) is 0 Å². The Labute approximate surface area is 151 Å². The highest BCUT2D eigenvalue weighted by atomic mass is 16.6. The van der Waals surface area contributed by atoms with Crippen molar-refractivity contribution in [2.24, 2.45) is 0 Å². The Bertz CT molecular complexity index is 861. The Hall–Kier alpha value is -3.22. The zero-order chi connectivity index (χ0) is 17.9. The molecule has 7 heteroatoms. The Kier molecular flexibility index (Phi) is 4.35. The fourth-order valence-corrected chi connectivity index (χ4v) is 2.90. The number of aromatic nitrogens is 3. The molecule has 0 bridgehead atoms. The Morgan fingerprint density at radius 3 is 2.85 bits per heavy atom. The predicted molar refractivity (Wildman–Crippen MR) is 94.0 cm³/mol. The third kappa shape index (κ3) is 3.15. The van der Waals surface area contributed by atoms with Crippen molar-refractivity contribution in [2.45, 2.75) is 12.6 Å². The van der Waals surface area contributed by atoms with Gasteiger partial charge in [-0.1, -0.05) is 0 Å². The van der Waals surface area contributed by atoms with Gasteiger partial charge in [-0.15, -0.1) is 0 Å². The molecule has 26 heavy (non-hydrogen) atoms. The van der Waals surface area contributed by atoms with Crippen LogP contribution in [0, 0.1) is 0 Å². The monoisotopic (exact) mass is 353 g/mol. The summed E-state index contributed by atoms with van der Waals surface area (Å²) in [5.41, 5.74) is 1.97. The summed E-state index contributed by atoms with van der Waals surface area (Å²) in [6, 6.07) is 7.65. The van der Waals surface area contributed by atoms with Crippen LogP contribution in [0.15, 0.2) is 49.2 Å². The second-order valence-corrected chi connectivity index (χ2v) is 5.91. The van der Waals surface area contributed by atoms with Gasteiger partial charge in [0.2, 0.25) is 11.6 Å². The fourth-order valence-electron chi connectivity index (χ4n) is 2.90. The number of pyridine rings is 1. The van der Waals surface area contributed by atoms with Crippen molar-refractivity contribution < 1.29 is 18.9 Å². The summed E-state index contributed by atoms with van der Waals surface area (Å²) in [5.74, 6) is 2.49. The number of hydrogen-bond donors (Lipinski definition) is 0. The largest absolute Gasteiger partial charge is 0.493 e. The van der Waals surface area contributed by atoms with E-state index >= 15 is 0 Å². The smallest absolute Gasteiger partial charge is 0.212 e. The van der Waals surface area contributed by atoms with Gasteiger partial charge in [0.1, 0.15) is 6.61 Å². The summed E-state index contributed by atoms with van der Waals surface area (Å²) in [6.07, 6.45) is 6.92. The molecule has 1 aromatic carbocycles. The lowest BCUT2D eigenvalue weighted by Gasteiger charge is -2.28. The van der Waals surface area contributed by atoms with E-state index < -0.39 is 0 Å². The molecule has 2 aromatic heterocycles. The standard InChI is InChI=1S/C19H19N3O4/c1-23-15-7-13(10-22-6-5-20-12-22)8-16-19(15)26-17(11-25-16)14-3-4-18(24-2)21-9-14/h3-9,12,17H,10-11H2,1-2H3. The highest BCUT2D eigenvalue weighted by Crippen LogP contribution is 2.44. The maximum absolute atomic E-state index is 6.15. The zero-order valence-corrected chi connectivity index (χ0v) is 14.6. The maximum Gasteiger partial charge on any atom is 0.212 e. The summed E-state index contributed by atoms with van der Waals surface area (Å²) in [7, 11) is 3.21. The van der Waals surface area contributed by atoms with E-state index in [0.717, 1.165) is 11.1 Å². The van der Waals surface area contributed by atoms with Crippen LogP contribution < -0.4 is 18.9 Å². The van der Waals surface area contributed by atoms with Gasteiger partial charge in [0.15, 0.2) is 17.6 Å². The number of methoxy groups -OCH3 is 2. The predicted octanol–water partition coefficient (Wildman–Crippen LogP) is 2.86. The molecule has 4 rings (SSSR count). The third-order valence-electron chi connectivity index (χ3n) is 4.22. The molecular formula is C19H19N3O4. The molecule has 0 saturated carbocycles. The van der Waals surface area contributed by atoms with Gasteiger partial charge in [0.25, 0.3) is 0 Å². The highest BCUT2D eigenvalue weighted by Gasteiger charge is 2.27. The molecule has 1 atom stereocenters. The van der Waals surface area contributed by atoms with Crippen molar-refractivity contribution in [3.8, 4) is 23.1 Å². The summed E-state index contributed by atoms with van der Waals surface area (Å²) in [6.45, 7) is 1.08. The number of imidazole rings is 1. The average molecular weight is 353 g/mol. The quantitative estimate of drug-likeness (QED) is 0.703. The number of rotatable bonds is 5. The third-order valence-corrected chi connectivity index (χ3v) is 4.22. The van der Waals surface area contributed by atoms with Crippen molar-refractivity contribution in [1.29, 1.82) is 0 Å². The molecule has 0 spiro atoms. The highest BCUT2D eigenvalue weighted by molar-refractivity contribution is 5.55. The lowest BCUT2D eigenvalue weighted by atomic mass is 10.1. The maximum atomic E-state index is 6.15. The van der Waals surface area contributed by atoms with Crippen molar-refractivity contribution >= 4 is 0 Å². The lowest BCUT2D eigenvalue weighted by molar-refractivity contribution is 0.0867. The normalized spacial score (nSPS) is 15.5. The van der Waals surface area contributed by atoms with E-state index in [2.05, 4.69) is 9.97 Å². The molecule has 134 valence electrons. The molecule has 0 fully saturated rings. The first-order valence-electron chi connectivity index (χ1n) is 8.23. The summed E-state index contributed by atoms with van der Waals surface area (Å²) in [4.78, 5) is 8.29. The summed E-state index contributed by atoms with van der Waals surface area (Å²) >= 11 is 0. The fraction of sp³-hybridized carbons (Fsp3) is 0.263. The first-order chi connectivity index (χ1) is 12.8. The second-order valence-electron chi connectivity index (χ2n) is 5.91. The van der Waals surface area contributed by atoms with Crippen LogP contribution in [-0.4, -0.2) is 35.4 Å². The molecule has 0 amide bonds. The van der Waals surface area contributed by atoms with Gasteiger partial charge in [-0.2, -0.15) is 0 Å². The molecule has 0 saturated heterocycles. The van der Waals surface area contributed by atoms with Crippen LogP contribution in [-0.2, 0) is 6.54 Å². The average Bonchev–Trinajstić information content (AvgIpc) is 3.20. The van der Waals surface area contributed by atoms with E-state index in [0.29, 0.717) is 36.3 Å². The molecule has 0 radical (unpaired) electrons. The second kappa shape index (κ2) is 6.95. The Balaban J connectivity index is 1.59. The van der Waals surface area contributed by atoms with Gasteiger partial charge in [-0.25, -0.2) is 9.97 Å². The van der Waals surface area contributed by atoms with Gasteiger partial charge in [-0.3, -0.25) is 0 Å². The van der Waals surface area contributed by atoms with E-state index in [1.54, 1.807) is 39.0 Å². The van der Waals surface area contributed by atoms with Gasteiger partial charge in [0.05, 0.1) is 20.5 Å². The lowest BCUT2D eigenvalue weighted by Crippen LogP contribution is -2.22. The first-order valence-corrected chi connectivity index (χ1v) is 8.23. The van der Waals surface area contributed by atoms with Crippen LogP contribution in [0.4, 0.5) is 0 Å². The molecule has 1 aliphatic heterocycles. The number of hydrogen-bond acceptors (Lipinski definition) is 6. The van der Waals surface area contributed by atoms with Crippen LogP contribution in [0.5, 0.6) is 23.1 Å². The molecule has 7 nitrogen and oxygen atoms in total. The van der Waals surface area contributed by atoms with Gasteiger partial charge in [0, 0.05) is 36.8 Å². The molecule has 3 heterocycles. The number of benzene rings is 1.